The Bertz CT molecular complexity index is 366. The monoisotopic (exact) mass is 246 g/mol. The van der Waals surface area contributed by atoms with Crippen LogP contribution in [0.3, 0.4) is 0 Å². The average Bonchev–Trinajstić information content (AvgIpc) is 2.27. The van der Waals surface area contributed by atoms with Gasteiger partial charge in [0.1, 0.15) is 5.82 Å². The molecule has 16 heavy (non-hydrogen) atoms. The molecule has 1 rings (SSSR count). The molecule has 0 amide bonds. The van der Waals surface area contributed by atoms with E-state index in [1.165, 1.54) is 20.3 Å². The Morgan fingerprint density at radius 3 is 2.06 bits per heavy atom. The van der Waals surface area contributed by atoms with Crippen LogP contribution in [0.2, 0.25) is 0 Å². The van der Waals surface area contributed by atoms with E-state index in [2.05, 4.69) is 0 Å². The summed E-state index contributed by atoms with van der Waals surface area (Å²) in [7, 11) is 2.98. The molecule has 1 atom stereocenters. The molecular formula is C12H16ClFO2. The van der Waals surface area contributed by atoms with E-state index in [0.29, 0.717) is 17.1 Å². The number of ether oxygens (including phenoxy) is 2. The van der Waals surface area contributed by atoms with Crippen LogP contribution in [0.15, 0.2) is 12.1 Å². The van der Waals surface area contributed by atoms with Gasteiger partial charge in [0, 0.05) is 11.6 Å². The molecule has 1 aromatic carbocycles. The summed E-state index contributed by atoms with van der Waals surface area (Å²) < 4.78 is 23.9. The van der Waals surface area contributed by atoms with Gasteiger partial charge in [0.2, 0.25) is 0 Å². The maximum absolute atomic E-state index is 13.7. The van der Waals surface area contributed by atoms with Crippen molar-refractivity contribution in [2.45, 2.75) is 19.2 Å². The fourth-order valence-electron chi connectivity index (χ4n) is 1.44. The maximum Gasteiger partial charge on any atom is 0.163 e. The SMILES string of the molecule is COc1cc(F)c(C(Cl)C(C)C)cc1OC. The van der Waals surface area contributed by atoms with Crippen LogP contribution in [0.1, 0.15) is 24.8 Å². The van der Waals surface area contributed by atoms with Crippen LogP contribution in [0, 0.1) is 11.7 Å². The first-order chi connectivity index (χ1) is 7.51. The second kappa shape index (κ2) is 5.39. The van der Waals surface area contributed by atoms with E-state index in [1.54, 1.807) is 6.07 Å². The molecule has 0 saturated heterocycles. The molecule has 2 nitrogen and oxygen atoms in total. The first-order valence-corrected chi connectivity index (χ1v) is 5.50. The molecule has 0 bridgehead atoms. The number of hydrogen-bond acceptors (Lipinski definition) is 2. The largest absolute Gasteiger partial charge is 0.493 e. The van der Waals surface area contributed by atoms with Crippen molar-refractivity contribution in [3.63, 3.8) is 0 Å². The van der Waals surface area contributed by atoms with Gasteiger partial charge < -0.3 is 9.47 Å². The zero-order valence-electron chi connectivity index (χ0n) is 9.88. The van der Waals surface area contributed by atoms with Crippen molar-refractivity contribution in [3.05, 3.63) is 23.5 Å². The lowest BCUT2D eigenvalue weighted by Crippen LogP contribution is -2.03. The van der Waals surface area contributed by atoms with Crippen molar-refractivity contribution in [2.75, 3.05) is 14.2 Å². The third kappa shape index (κ3) is 2.59. The Kier molecular flexibility index (Phi) is 4.42. The third-order valence-corrected chi connectivity index (χ3v) is 3.12. The third-order valence-electron chi connectivity index (χ3n) is 2.39. The van der Waals surface area contributed by atoms with E-state index in [9.17, 15) is 4.39 Å². The highest BCUT2D eigenvalue weighted by Gasteiger charge is 2.19. The van der Waals surface area contributed by atoms with Gasteiger partial charge in [0.05, 0.1) is 19.6 Å². The van der Waals surface area contributed by atoms with Crippen LogP contribution >= 0.6 is 11.6 Å². The number of hydrogen-bond donors (Lipinski definition) is 0. The van der Waals surface area contributed by atoms with E-state index >= 15 is 0 Å². The molecule has 1 aromatic rings. The summed E-state index contributed by atoms with van der Waals surface area (Å²) in [6.45, 7) is 3.88. The summed E-state index contributed by atoms with van der Waals surface area (Å²) in [5, 5.41) is -0.375. The van der Waals surface area contributed by atoms with E-state index in [-0.39, 0.29) is 17.1 Å². The van der Waals surface area contributed by atoms with Gasteiger partial charge in [-0.25, -0.2) is 4.39 Å². The minimum absolute atomic E-state index is 0.147. The summed E-state index contributed by atoms with van der Waals surface area (Å²) in [4.78, 5) is 0. The number of rotatable bonds is 4. The van der Waals surface area contributed by atoms with Crippen molar-refractivity contribution < 1.29 is 13.9 Å². The quantitative estimate of drug-likeness (QED) is 0.753. The molecule has 0 fully saturated rings. The number of methoxy groups -OCH3 is 2. The molecule has 0 saturated carbocycles. The molecule has 0 aliphatic heterocycles. The smallest absolute Gasteiger partial charge is 0.163 e. The highest BCUT2D eigenvalue weighted by atomic mass is 35.5. The summed E-state index contributed by atoms with van der Waals surface area (Å²) >= 11 is 6.13. The fraction of sp³-hybridized carbons (Fsp3) is 0.500. The Balaban J connectivity index is 3.21. The lowest BCUT2D eigenvalue weighted by Gasteiger charge is -2.17. The molecular weight excluding hydrogens is 231 g/mol. The van der Waals surface area contributed by atoms with Crippen LogP contribution < -0.4 is 9.47 Å². The van der Waals surface area contributed by atoms with E-state index < -0.39 is 0 Å². The molecule has 0 spiro atoms. The average molecular weight is 247 g/mol. The van der Waals surface area contributed by atoms with Gasteiger partial charge in [-0.05, 0) is 12.0 Å². The first kappa shape index (κ1) is 13.1. The number of alkyl halides is 1. The summed E-state index contributed by atoms with van der Waals surface area (Å²) in [5.41, 5.74) is 0.439. The van der Waals surface area contributed by atoms with Gasteiger partial charge in [-0.1, -0.05) is 13.8 Å². The van der Waals surface area contributed by atoms with Gasteiger partial charge in [-0.15, -0.1) is 11.6 Å². The molecule has 0 radical (unpaired) electrons. The van der Waals surface area contributed by atoms with Gasteiger partial charge in [0.25, 0.3) is 0 Å². The van der Waals surface area contributed by atoms with Gasteiger partial charge in [0.15, 0.2) is 11.5 Å². The zero-order valence-corrected chi connectivity index (χ0v) is 10.6. The van der Waals surface area contributed by atoms with Crippen molar-refractivity contribution in [2.24, 2.45) is 5.92 Å². The van der Waals surface area contributed by atoms with Crippen LogP contribution in [-0.2, 0) is 0 Å². The summed E-state index contributed by atoms with van der Waals surface area (Å²) in [5.74, 6) is 0.641. The van der Waals surface area contributed by atoms with Crippen LogP contribution in [0.4, 0.5) is 4.39 Å². The Labute approximate surface area is 100 Å². The molecule has 0 heterocycles. The normalized spacial score (nSPS) is 12.7. The summed E-state index contributed by atoms with van der Waals surface area (Å²) in [6.07, 6.45) is 0. The number of halogens is 2. The van der Waals surface area contributed by atoms with Crippen LogP contribution in [0.25, 0.3) is 0 Å². The highest BCUT2D eigenvalue weighted by molar-refractivity contribution is 6.21. The second-order valence-electron chi connectivity index (χ2n) is 3.87. The Morgan fingerprint density at radius 2 is 1.62 bits per heavy atom. The topological polar surface area (TPSA) is 18.5 Å². The van der Waals surface area contributed by atoms with E-state index in [1.807, 2.05) is 13.8 Å². The van der Waals surface area contributed by atoms with E-state index in [4.69, 9.17) is 21.1 Å². The standard InChI is InChI=1S/C12H16ClFO2/c1-7(2)12(13)8-5-10(15-3)11(16-4)6-9(8)14/h5-7,12H,1-4H3. The van der Waals surface area contributed by atoms with Gasteiger partial charge >= 0.3 is 0 Å². The molecule has 1 unspecified atom stereocenters. The Hall–Kier alpha value is -0.960. The number of benzene rings is 1. The molecule has 0 N–H and O–H groups in total. The Morgan fingerprint density at radius 1 is 1.12 bits per heavy atom. The molecule has 90 valence electrons. The van der Waals surface area contributed by atoms with Crippen molar-refractivity contribution >= 4 is 11.6 Å². The first-order valence-electron chi connectivity index (χ1n) is 5.06. The highest BCUT2D eigenvalue weighted by Crippen LogP contribution is 2.37. The molecule has 0 aliphatic carbocycles. The predicted octanol–water partition coefficient (Wildman–Crippen LogP) is 3.78. The zero-order chi connectivity index (χ0) is 12.3. The molecule has 0 aromatic heterocycles. The fourth-order valence-corrected chi connectivity index (χ4v) is 1.61. The minimum Gasteiger partial charge on any atom is -0.493 e. The molecule has 4 heteroatoms. The lowest BCUT2D eigenvalue weighted by molar-refractivity contribution is 0.351. The van der Waals surface area contributed by atoms with Crippen molar-refractivity contribution in [1.29, 1.82) is 0 Å². The van der Waals surface area contributed by atoms with Crippen LogP contribution in [-0.4, -0.2) is 14.2 Å². The molecule has 0 aliphatic rings. The van der Waals surface area contributed by atoms with Gasteiger partial charge in [-0.3, -0.25) is 0 Å². The minimum atomic E-state index is -0.375. The van der Waals surface area contributed by atoms with Gasteiger partial charge in [-0.2, -0.15) is 0 Å². The van der Waals surface area contributed by atoms with Crippen molar-refractivity contribution in [3.8, 4) is 11.5 Å². The van der Waals surface area contributed by atoms with Crippen molar-refractivity contribution in [1.82, 2.24) is 0 Å². The maximum atomic E-state index is 13.7. The predicted molar refractivity (Wildman–Crippen MR) is 62.9 cm³/mol. The van der Waals surface area contributed by atoms with E-state index in [0.717, 1.165) is 0 Å². The van der Waals surface area contributed by atoms with Crippen LogP contribution in [0.5, 0.6) is 11.5 Å². The summed E-state index contributed by atoms with van der Waals surface area (Å²) in [6, 6.07) is 2.89. The lowest BCUT2D eigenvalue weighted by atomic mass is 10.0. The second-order valence-corrected chi connectivity index (χ2v) is 4.34.